The van der Waals surface area contributed by atoms with Crippen LogP contribution < -0.4 is 81.0 Å². The Balaban J connectivity index is 2.07. The summed E-state index contributed by atoms with van der Waals surface area (Å²) >= 11 is 2.92. The van der Waals surface area contributed by atoms with Gasteiger partial charge >= 0.3 is 12.1 Å². The number of rotatable bonds is 29. The number of hydrogen-bond acceptors (Lipinski definition) is 23. The molecule has 1 aromatic carbocycles. The number of carbonyl (C=O) groups is 17. The van der Waals surface area contributed by atoms with Crippen LogP contribution >= 0.6 is 35.3 Å². The van der Waals surface area contributed by atoms with Crippen molar-refractivity contribution in [2.45, 2.75) is 185 Å². The topological polar surface area (TPSA) is 569 Å². The van der Waals surface area contributed by atoms with Crippen LogP contribution in [0.2, 0.25) is 0 Å². The molecule has 598 valence electrons. The molecule has 16 amide bonds. The molecule has 2 heterocycles. The van der Waals surface area contributed by atoms with Gasteiger partial charge in [0, 0.05) is 50.5 Å². The lowest BCUT2D eigenvalue weighted by molar-refractivity contribution is -0.142. The van der Waals surface area contributed by atoms with Gasteiger partial charge in [-0.2, -0.15) is 11.8 Å². The second-order valence-electron chi connectivity index (χ2n) is 27.4. The second kappa shape index (κ2) is 46.8. The van der Waals surface area contributed by atoms with Crippen LogP contribution in [-0.4, -0.2) is 268 Å². The Bertz CT molecular complexity index is 3270. The molecular formula is C67H107N17O20S3. The Morgan fingerprint density at radius 2 is 1.33 bits per heavy atom. The van der Waals surface area contributed by atoms with Crippen molar-refractivity contribution >= 4 is 136 Å². The van der Waals surface area contributed by atoms with Crippen molar-refractivity contribution < 1.29 is 96.5 Å². The highest BCUT2D eigenvalue weighted by Crippen LogP contribution is 2.22. The SMILES string of the molecule is CC[C@H](C)[C@@H]1NC(=O)[C@H](Cc2ccc(O)cc2)NC(=O)[C@@H](N(C)C)CSCC(=O)N[C@@H](C(=O)NCCNC(=O)CSCC[C@H](NC(=O)OC(C)(C)C)C(=O)O)CCCNC(=O)CSC[C@@H](C(=O)N2CCC[C@H]2C(=O)N[C@@H](CC(C)C)C(=O)NCC(N)=O)NC(=O)[C@H](CC(N)=O)NC(=O)[C@H](CCC(N)=O)NC1=O. The first-order valence-electron chi connectivity index (χ1n) is 35.0. The van der Waals surface area contributed by atoms with Crippen LogP contribution in [0.5, 0.6) is 5.75 Å². The van der Waals surface area contributed by atoms with E-state index in [1.807, 2.05) is 0 Å². The quantitative estimate of drug-likeness (QED) is 0.0338. The van der Waals surface area contributed by atoms with Gasteiger partial charge in [0.1, 0.15) is 65.7 Å². The van der Waals surface area contributed by atoms with E-state index in [0.29, 0.717) is 5.56 Å². The van der Waals surface area contributed by atoms with Crippen molar-refractivity contribution in [1.29, 1.82) is 0 Å². The van der Waals surface area contributed by atoms with Crippen molar-refractivity contribution in [3.8, 4) is 5.75 Å². The van der Waals surface area contributed by atoms with Crippen molar-refractivity contribution in [3.05, 3.63) is 29.8 Å². The van der Waals surface area contributed by atoms with Gasteiger partial charge in [0.15, 0.2) is 0 Å². The third-order valence-corrected chi connectivity index (χ3v) is 19.5. The number of carboxylic acid groups (broad SMARTS) is 1. The van der Waals surface area contributed by atoms with E-state index in [0.717, 1.165) is 40.2 Å². The third kappa shape index (κ3) is 35.4. The normalized spacial score (nSPS) is 21.9. The van der Waals surface area contributed by atoms with Gasteiger partial charge in [-0.3, -0.25) is 76.8 Å². The zero-order chi connectivity index (χ0) is 80.3. The number of ether oxygens (including phenoxy) is 1. The number of primary amides is 3. The largest absolute Gasteiger partial charge is 0.508 e. The number of aliphatic carboxylic acids is 1. The summed E-state index contributed by atoms with van der Waals surface area (Å²) in [4.78, 5) is 232. The first-order chi connectivity index (χ1) is 50.3. The van der Waals surface area contributed by atoms with Gasteiger partial charge in [-0.05, 0) is 115 Å². The van der Waals surface area contributed by atoms with Crippen LogP contribution in [0.1, 0.15) is 118 Å². The van der Waals surface area contributed by atoms with Gasteiger partial charge in [0.25, 0.3) is 0 Å². The Kier molecular flexibility index (Phi) is 40.3. The van der Waals surface area contributed by atoms with Crippen molar-refractivity contribution in [1.82, 2.24) is 73.6 Å². The number of likely N-dealkylation sites (tertiary alicyclic amines) is 1. The first kappa shape index (κ1) is 92.0. The number of alkyl carbamates (subject to hydrolysis) is 1. The van der Waals surface area contributed by atoms with Gasteiger partial charge in [-0.1, -0.05) is 46.2 Å². The molecule has 0 spiro atoms. The predicted octanol–water partition coefficient (Wildman–Crippen LogP) is -4.21. The number of amides is 16. The van der Waals surface area contributed by atoms with Crippen LogP contribution in [0, 0.1) is 11.8 Å². The van der Waals surface area contributed by atoms with Crippen molar-refractivity contribution in [2.75, 3.05) is 81.3 Å². The number of hydrogen-bond donors (Lipinski definition) is 17. The number of phenols is 1. The van der Waals surface area contributed by atoms with E-state index in [9.17, 15) is 91.7 Å². The minimum absolute atomic E-state index is 0.0345. The van der Waals surface area contributed by atoms with Gasteiger partial charge in [-0.15, -0.1) is 23.5 Å². The molecule has 2 saturated heterocycles. The number of thioether (sulfide) groups is 3. The molecule has 0 bridgehead atoms. The maximum atomic E-state index is 14.9. The molecule has 11 atom stereocenters. The molecule has 2 fully saturated rings. The van der Waals surface area contributed by atoms with Crippen LogP contribution in [0.3, 0.4) is 0 Å². The third-order valence-electron chi connectivity index (χ3n) is 16.5. The molecule has 0 aliphatic carbocycles. The highest BCUT2D eigenvalue weighted by atomic mass is 32.2. The van der Waals surface area contributed by atoms with E-state index in [2.05, 4.69) is 63.8 Å². The van der Waals surface area contributed by atoms with E-state index in [1.54, 1.807) is 62.6 Å². The summed E-state index contributed by atoms with van der Waals surface area (Å²) in [5.74, 6) is -16.1. The molecule has 20 N–H and O–H groups in total. The van der Waals surface area contributed by atoms with Gasteiger partial charge < -0.3 is 101 Å². The van der Waals surface area contributed by atoms with Crippen LogP contribution in [-0.2, 0) is 87.9 Å². The van der Waals surface area contributed by atoms with Gasteiger partial charge in [0.05, 0.1) is 36.3 Å². The molecular weight excluding hydrogens is 1460 g/mol. The molecule has 0 radical (unpaired) electrons. The van der Waals surface area contributed by atoms with Crippen LogP contribution in [0.4, 0.5) is 4.79 Å². The molecule has 0 aromatic heterocycles. The molecule has 107 heavy (non-hydrogen) atoms. The highest BCUT2D eigenvalue weighted by molar-refractivity contribution is 8.00. The van der Waals surface area contributed by atoms with Gasteiger partial charge in [0.2, 0.25) is 88.6 Å². The fourth-order valence-corrected chi connectivity index (χ4v) is 13.5. The lowest BCUT2D eigenvalue weighted by Crippen LogP contribution is -2.61. The van der Waals surface area contributed by atoms with Crippen LogP contribution in [0.15, 0.2) is 24.3 Å². The Morgan fingerprint density at radius 1 is 0.701 bits per heavy atom. The number of nitrogens with two attached hydrogens (primary N) is 3. The highest BCUT2D eigenvalue weighted by Gasteiger charge is 2.41. The maximum absolute atomic E-state index is 14.9. The molecule has 0 unspecified atom stereocenters. The van der Waals surface area contributed by atoms with E-state index >= 15 is 0 Å². The van der Waals surface area contributed by atoms with Crippen molar-refractivity contribution in [3.63, 3.8) is 0 Å². The zero-order valence-electron chi connectivity index (χ0n) is 61.9. The fourth-order valence-electron chi connectivity index (χ4n) is 10.7. The number of likely N-dealkylation sites (N-methyl/N-ethyl adjacent to an activating group) is 1. The number of benzene rings is 1. The van der Waals surface area contributed by atoms with Crippen LogP contribution in [0.25, 0.3) is 0 Å². The van der Waals surface area contributed by atoms with E-state index in [4.69, 9.17) is 21.9 Å². The molecule has 37 nitrogen and oxygen atoms in total. The summed E-state index contributed by atoms with van der Waals surface area (Å²) in [7, 11) is 3.15. The molecule has 3 rings (SSSR count). The second-order valence-corrected chi connectivity index (χ2v) is 30.5. The number of nitrogens with zero attached hydrogens (tertiary/aromatic N) is 2. The van der Waals surface area contributed by atoms with Crippen molar-refractivity contribution in [2.24, 2.45) is 29.0 Å². The minimum Gasteiger partial charge on any atom is -0.508 e. The maximum Gasteiger partial charge on any atom is 0.408 e. The molecule has 2 aliphatic heterocycles. The monoisotopic (exact) mass is 1570 g/mol. The smallest absolute Gasteiger partial charge is 0.408 e. The standard InChI is InChI=1S/C67H107N17O20S3/c1-10-37(4)55-63(99)76-41(19-20-49(68)86)58(94)77-45(29-50(69)87)59(95)80-46(64(100)84-25-12-14-47(84)61(97)78-43(27-36(2)3)57(93)74-30-51(70)88)31-106-34-53(90)71-22-11-13-40(56(92)73-24-23-72-52(89)33-105-26-21-42(65(101)102)81-66(103)104-67(5,6)7)75-54(91)35-107-32-48(83(8)9)62(98)79-44(60(96)82-55)28-38-15-17-39(85)18-16-38/h15-18,36-37,40-48,55,85H,10-14,19-35H2,1-9H3,(H2,68,86)(H2,69,87)(H2,70,88)(H,71,90)(H,72,89)(H,73,92)(H,74,93)(H,75,91)(H,76,99)(H,77,94)(H,78,97)(H,79,98)(H,80,95)(H,81,103)(H,82,96)(H,101,102)/t37-,40+,41-,42-,43-,44-,45-,46-,47-,48-,55-/m0/s1. The number of nitrogens with one attached hydrogen (secondary N) is 12. The lowest BCUT2D eigenvalue weighted by Gasteiger charge is -2.31. The van der Waals surface area contributed by atoms with Gasteiger partial charge in [-0.25, -0.2) is 9.59 Å². The Hall–Kier alpha value is -9.18. The lowest BCUT2D eigenvalue weighted by atomic mass is 9.96. The fraction of sp³-hybridized carbons (Fsp3) is 0.657. The van der Waals surface area contributed by atoms with E-state index in [1.165, 1.54) is 29.2 Å². The summed E-state index contributed by atoms with van der Waals surface area (Å²) in [6, 6.07) is -8.53. The Morgan fingerprint density at radius 3 is 1.94 bits per heavy atom. The predicted molar refractivity (Wildman–Crippen MR) is 397 cm³/mol. The molecule has 0 saturated carbocycles. The molecule has 2 aliphatic rings. The van der Waals surface area contributed by atoms with E-state index < -0.39 is 204 Å². The zero-order valence-corrected chi connectivity index (χ0v) is 64.3. The average molecular weight is 1570 g/mol. The Labute approximate surface area is 634 Å². The molecule has 40 heteroatoms. The number of carbonyl (C=O) groups excluding carboxylic acids is 16. The summed E-state index contributed by atoms with van der Waals surface area (Å²) in [6.07, 6.45) is -2.48. The summed E-state index contributed by atoms with van der Waals surface area (Å²) < 4.78 is 5.14. The average Bonchev–Trinajstić information content (AvgIpc) is 1.74. The number of aromatic hydroxyl groups is 1. The summed E-state index contributed by atoms with van der Waals surface area (Å²) in [5, 5.41) is 50.6. The summed E-state index contributed by atoms with van der Waals surface area (Å²) in [6.45, 7) is 10.8. The summed E-state index contributed by atoms with van der Waals surface area (Å²) in [5.41, 5.74) is 16.0. The number of phenolic OH excluding ortho intramolecular Hbond substituents is 1. The minimum atomic E-state index is -1.92. The first-order valence-corrected chi connectivity index (χ1v) is 38.5. The molecule has 1 aromatic rings. The number of carboxylic acids is 1. The van der Waals surface area contributed by atoms with E-state index in [-0.39, 0.29) is 118 Å².